The molecule has 0 aliphatic heterocycles. The summed E-state index contributed by atoms with van der Waals surface area (Å²) in [7, 11) is 0. The third-order valence-corrected chi connectivity index (χ3v) is 8.50. The number of nitrogens with zero attached hydrogens (tertiary/aromatic N) is 3. The van der Waals surface area contributed by atoms with Gasteiger partial charge in [0.05, 0.1) is 17.4 Å². The molecular weight excluding hydrogens is 626 g/mol. The quantitative estimate of drug-likeness (QED) is 0.113. The maximum absolute atomic E-state index is 14.2. The van der Waals surface area contributed by atoms with Gasteiger partial charge in [0.25, 0.3) is 11.5 Å². The lowest BCUT2D eigenvalue weighted by Gasteiger charge is -2.24. The first kappa shape index (κ1) is 34.4. The number of fused-ring (bicyclic) bond motifs is 1. The molecule has 0 aliphatic carbocycles. The van der Waals surface area contributed by atoms with E-state index in [4.69, 9.17) is 21.3 Å². The number of rotatable bonds is 15. The highest BCUT2D eigenvalue weighted by molar-refractivity contribution is 6.30. The van der Waals surface area contributed by atoms with E-state index in [0.29, 0.717) is 57.3 Å². The van der Waals surface area contributed by atoms with Crippen LogP contribution in [0.3, 0.4) is 0 Å². The van der Waals surface area contributed by atoms with E-state index in [9.17, 15) is 19.5 Å². The van der Waals surface area contributed by atoms with E-state index >= 15 is 0 Å². The second-order valence-electron chi connectivity index (χ2n) is 11.8. The zero-order valence-electron chi connectivity index (χ0n) is 27.3. The SMILES string of the molecule is CCCCCN(C(=O)c1ccc(Cl)cc1)c1ccc2nc(CCCC)n(Cc3ccc(OC(C(=O)O)c4ccccc4)cc3)c(=O)c2c1. The smallest absolute Gasteiger partial charge is 0.349 e. The number of anilines is 1. The summed E-state index contributed by atoms with van der Waals surface area (Å²) >= 11 is 6.08. The maximum Gasteiger partial charge on any atom is 0.349 e. The number of aliphatic carboxylic acids is 1. The fourth-order valence-corrected chi connectivity index (χ4v) is 5.73. The fourth-order valence-electron chi connectivity index (χ4n) is 5.61. The number of halogens is 1. The van der Waals surface area contributed by atoms with Crippen LogP contribution in [0, 0.1) is 0 Å². The molecule has 248 valence electrons. The first-order valence-corrected chi connectivity index (χ1v) is 16.8. The lowest BCUT2D eigenvalue weighted by atomic mass is 10.1. The molecule has 1 aromatic heterocycles. The molecule has 5 aromatic rings. The number of ether oxygens (including phenoxy) is 1. The zero-order chi connectivity index (χ0) is 34.0. The zero-order valence-corrected chi connectivity index (χ0v) is 28.0. The van der Waals surface area contributed by atoms with Crippen LogP contribution in [0.15, 0.2) is 102 Å². The predicted octanol–water partition coefficient (Wildman–Crippen LogP) is 8.48. The summed E-state index contributed by atoms with van der Waals surface area (Å²) in [5.41, 5.74) is 2.94. The van der Waals surface area contributed by atoms with E-state index in [1.165, 1.54) is 0 Å². The van der Waals surface area contributed by atoms with Crippen molar-refractivity contribution >= 4 is 40.1 Å². The summed E-state index contributed by atoms with van der Waals surface area (Å²) in [6.45, 7) is 5.00. The molecule has 1 atom stereocenters. The van der Waals surface area contributed by atoms with Crippen molar-refractivity contribution in [2.24, 2.45) is 0 Å². The van der Waals surface area contributed by atoms with Gasteiger partial charge in [0.15, 0.2) is 0 Å². The summed E-state index contributed by atoms with van der Waals surface area (Å²) in [5.74, 6) is -0.148. The molecule has 1 heterocycles. The Labute approximate surface area is 285 Å². The van der Waals surface area contributed by atoms with Gasteiger partial charge < -0.3 is 14.7 Å². The van der Waals surface area contributed by atoms with E-state index in [1.807, 2.05) is 30.3 Å². The van der Waals surface area contributed by atoms with Crippen molar-refractivity contribution in [2.45, 2.75) is 65.0 Å². The van der Waals surface area contributed by atoms with E-state index in [1.54, 1.807) is 76.2 Å². The van der Waals surface area contributed by atoms with Crippen molar-refractivity contribution in [3.05, 3.63) is 135 Å². The van der Waals surface area contributed by atoms with Crippen molar-refractivity contribution in [1.29, 1.82) is 0 Å². The number of aryl methyl sites for hydroxylation is 1. The molecule has 0 spiro atoms. The number of carbonyl (C=O) groups is 2. The first-order chi connectivity index (χ1) is 23.3. The van der Waals surface area contributed by atoms with Crippen LogP contribution < -0.4 is 15.2 Å². The Hall–Kier alpha value is -4.95. The Morgan fingerprint density at radius 3 is 2.27 bits per heavy atom. The van der Waals surface area contributed by atoms with Crippen molar-refractivity contribution in [3.8, 4) is 5.75 Å². The minimum Gasteiger partial charge on any atom is -0.478 e. The number of unbranched alkanes of at least 4 members (excludes halogenated alkanes) is 3. The lowest BCUT2D eigenvalue weighted by molar-refractivity contribution is -0.145. The molecule has 1 N–H and O–H groups in total. The summed E-state index contributed by atoms with van der Waals surface area (Å²) < 4.78 is 7.53. The summed E-state index contributed by atoms with van der Waals surface area (Å²) in [5, 5.41) is 10.8. The molecule has 0 aliphatic rings. The second-order valence-corrected chi connectivity index (χ2v) is 12.2. The summed E-state index contributed by atoms with van der Waals surface area (Å²) in [4.78, 5) is 46.5. The Morgan fingerprint density at radius 1 is 0.896 bits per heavy atom. The van der Waals surface area contributed by atoms with Gasteiger partial charge in [0.1, 0.15) is 11.6 Å². The molecule has 0 saturated heterocycles. The molecule has 0 radical (unpaired) electrons. The van der Waals surface area contributed by atoms with Gasteiger partial charge in [0, 0.05) is 34.8 Å². The predicted molar refractivity (Wildman–Crippen MR) is 190 cm³/mol. The number of carboxylic acid groups (broad SMARTS) is 1. The van der Waals surface area contributed by atoms with Crippen LogP contribution in [0.1, 0.15) is 79.4 Å². The minimum atomic E-state index is -1.15. The topological polar surface area (TPSA) is 102 Å². The fraction of sp³-hybridized carbons (Fsp3) is 0.282. The van der Waals surface area contributed by atoms with Gasteiger partial charge in [-0.3, -0.25) is 14.2 Å². The van der Waals surface area contributed by atoms with Crippen LogP contribution >= 0.6 is 11.6 Å². The van der Waals surface area contributed by atoms with E-state index in [2.05, 4.69) is 13.8 Å². The van der Waals surface area contributed by atoms with Crippen LogP contribution in [-0.4, -0.2) is 33.1 Å². The largest absolute Gasteiger partial charge is 0.478 e. The van der Waals surface area contributed by atoms with Gasteiger partial charge in [-0.15, -0.1) is 0 Å². The molecule has 8 nitrogen and oxygen atoms in total. The molecule has 9 heteroatoms. The first-order valence-electron chi connectivity index (χ1n) is 16.4. The van der Waals surface area contributed by atoms with Crippen LogP contribution in [0.25, 0.3) is 10.9 Å². The number of hydrogen-bond acceptors (Lipinski definition) is 5. The normalized spacial score (nSPS) is 11.7. The molecular formula is C39H40ClN3O5. The Kier molecular flexibility index (Phi) is 11.6. The van der Waals surface area contributed by atoms with Gasteiger partial charge in [-0.05, 0) is 73.0 Å². The van der Waals surface area contributed by atoms with Gasteiger partial charge in [-0.2, -0.15) is 0 Å². The molecule has 48 heavy (non-hydrogen) atoms. The van der Waals surface area contributed by atoms with Gasteiger partial charge in [-0.1, -0.05) is 87.2 Å². The Balaban J connectivity index is 1.47. The van der Waals surface area contributed by atoms with Crippen LogP contribution in [-0.2, 0) is 17.8 Å². The average molecular weight is 666 g/mol. The highest BCUT2D eigenvalue weighted by Crippen LogP contribution is 2.25. The number of benzene rings is 4. The Morgan fingerprint density at radius 2 is 1.60 bits per heavy atom. The van der Waals surface area contributed by atoms with Crippen LogP contribution in [0.4, 0.5) is 5.69 Å². The highest BCUT2D eigenvalue weighted by Gasteiger charge is 2.22. The molecule has 0 bridgehead atoms. The molecule has 1 unspecified atom stereocenters. The number of amides is 1. The van der Waals surface area contributed by atoms with Crippen molar-refractivity contribution in [3.63, 3.8) is 0 Å². The van der Waals surface area contributed by atoms with Gasteiger partial charge >= 0.3 is 5.97 Å². The number of carboxylic acids is 1. The van der Waals surface area contributed by atoms with Gasteiger partial charge in [-0.25, -0.2) is 9.78 Å². The molecule has 0 fully saturated rings. The highest BCUT2D eigenvalue weighted by atomic mass is 35.5. The third kappa shape index (κ3) is 8.30. The second kappa shape index (κ2) is 16.2. The standard InChI is InChI=1S/C39H40ClN3O5/c1-3-5-10-24-42(37(44)29-16-18-30(40)19-17-29)31-20-23-34-33(25-31)38(45)43(35(41-34)13-6-4-2)26-27-14-21-32(22-15-27)48-36(39(46)47)28-11-8-7-9-12-28/h7-9,11-12,14-23,25,36H,3-6,10,13,24,26H2,1-2H3,(H,46,47). The van der Waals surface area contributed by atoms with E-state index in [0.717, 1.165) is 37.7 Å². The molecule has 4 aromatic carbocycles. The average Bonchev–Trinajstić information content (AvgIpc) is 3.10. The number of aromatic nitrogens is 2. The summed E-state index contributed by atoms with van der Waals surface area (Å²) in [6.07, 6.45) is 4.12. The summed E-state index contributed by atoms with van der Waals surface area (Å²) in [6, 6.07) is 28.2. The van der Waals surface area contributed by atoms with Gasteiger partial charge in [0.2, 0.25) is 6.10 Å². The van der Waals surface area contributed by atoms with Crippen molar-refractivity contribution in [1.82, 2.24) is 9.55 Å². The monoisotopic (exact) mass is 665 g/mol. The lowest BCUT2D eigenvalue weighted by Crippen LogP contribution is -2.32. The van der Waals surface area contributed by atoms with Crippen LogP contribution in [0.5, 0.6) is 5.75 Å². The number of carbonyl (C=O) groups excluding carboxylic acids is 1. The van der Waals surface area contributed by atoms with E-state index < -0.39 is 12.1 Å². The van der Waals surface area contributed by atoms with E-state index in [-0.39, 0.29) is 18.0 Å². The third-order valence-electron chi connectivity index (χ3n) is 8.25. The molecule has 0 saturated carbocycles. The Bertz CT molecular complexity index is 1910. The van der Waals surface area contributed by atoms with Crippen LogP contribution in [0.2, 0.25) is 5.02 Å². The maximum atomic E-state index is 14.2. The minimum absolute atomic E-state index is 0.158. The van der Waals surface area contributed by atoms with Crippen molar-refractivity contribution < 1.29 is 19.4 Å². The molecule has 1 amide bonds. The van der Waals surface area contributed by atoms with Crippen molar-refractivity contribution in [2.75, 3.05) is 11.4 Å². The molecule has 5 rings (SSSR count). The number of hydrogen-bond donors (Lipinski definition) is 1.